The van der Waals surface area contributed by atoms with Crippen LogP contribution < -0.4 is 21.3 Å². The van der Waals surface area contributed by atoms with Crippen LogP contribution in [0.25, 0.3) is 0 Å². The molecule has 8 aliphatic rings. The van der Waals surface area contributed by atoms with E-state index in [-0.39, 0.29) is 12.2 Å². The van der Waals surface area contributed by atoms with E-state index in [1.54, 1.807) is 76.2 Å². The van der Waals surface area contributed by atoms with Crippen LogP contribution in [-0.4, -0.2) is 209 Å². The molecule has 4 amide bonds. The van der Waals surface area contributed by atoms with Crippen molar-refractivity contribution in [1.29, 1.82) is 0 Å². The molecule has 4 N–H and O–H groups in total. The molecule has 432 valence electrons. The first-order chi connectivity index (χ1) is 35.4. The SMILES string of the molecule is CO[C@@H]1[C@H]2OC(C)(C)O[C@H]2O[C@@H]1C(CC(=O)NC(CC(C)=O)[C@@H]1O[C@@H]2OC(C)(C)O[C@@H]2[C@H]1OC)NC(=O)CC(NC(=O)CC(NC(=O)OC(C)(C)C)[C@H]1O[C@@H]2OC(C)(C)O[C@@H]2[C@H]1OC)[C@@H]1O[C@@H]2OC(C)(C)O[C@@H]2[C@H]1OC. The number of amides is 4. The van der Waals surface area contributed by atoms with Crippen molar-refractivity contribution in [3.8, 4) is 0 Å². The highest BCUT2D eigenvalue weighted by molar-refractivity contribution is 5.83. The van der Waals surface area contributed by atoms with Gasteiger partial charge in [0.1, 0.15) is 84.6 Å². The van der Waals surface area contributed by atoms with E-state index in [1.165, 1.54) is 35.4 Å². The van der Waals surface area contributed by atoms with E-state index in [9.17, 15) is 24.0 Å². The van der Waals surface area contributed by atoms with Gasteiger partial charge in [0.25, 0.3) is 0 Å². The molecule has 8 aliphatic heterocycles. The molecule has 8 rings (SSSR count). The second-order valence-electron chi connectivity index (χ2n) is 23.4. The van der Waals surface area contributed by atoms with Gasteiger partial charge in [-0.05, 0) is 83.1 Å². The zero-order valence-corrected chi connectivity index (χ0v) is 46.4. The Balaban J connectivity index is 1.05. The van der Waals surface area contributed by atoms with E-state index in [0.29, 0.717) is 0 Å². The van der Waals surface area contributed by atoms with Crippen LogP contribution in [0.2, 0.25) is 0 Å². The molecule has 0 aromatic rings. The molecule has 4 unspecified atom stereocenters. The minimum absolute atomic E-state index is 0.137. The highest BCUT2D eigenvalue weighted by Gasteiger charge is 2.62. The van der Waals surface area contributed by atoms with E-state index in [0.717, 1.165) is 0 Å². The van der Waals surface area contributed by atoms with Gasteiger partial charge in [0, 0.05) is 54.1 Å². The summed E-state index contributed by atoms with van der Waals surface area (Å²) in [7, 11) is 5.83. The summed E-state index contributed by atoms with van der Waals surface area (Å²) in [6.07, 6.45) is -16.0. The van der Waals surface area contributed by atoms with Crippen LogP contribution in [0.15, 0.2) is 0 Å². The first kappa shape index (κ1) is 58.8. The maximum atomic E-state index is 14.8. The second-order valence-corrected chi connectivity index (χ2v) is 23.4. The van der Waals surface area contributed by atoms with Crippen molar-refractivity contribution in [3.63, 3.8) is 0 Å². The van der Waals surface area contributed by atoms with Gasteiger partial charge in [0.15, 0.2) is 48.3 Å². The summed E-state index contributed by atoms with van der Waals surface area (Å²) in [4.78, 5) is 70.1. The summed E-state index contributed by atoms with van der Waals surface area (Å²) in [6.45, 7) is 20.3. The number of nitrogens with one attached hydrogen (secondary N) is 4. The van der Waals surface area contributed by atoms with Crippen LogP contribution >= 0.6 is 0 Å². The summed E-state index contributed by atoms with van der Waals surface area (Å²) in [6, 6.07) is -4.36. The number of carbonyl (C=O) groups excluding carboxylic acids is 5. The smallest absolute Gasteiger partial charge is 0.407 e. The maximum absolute atomic E-state index is 14.8. The Bertz CT molecular complexity index is 2120. The third-order valence-electron chi connectivity index (χ3n) is 14.2. The quantitative estimate of drug-likeness (QED) is 0.133. The number of ether oxygens (including phenoxy) is 17. The summed E-state index contributed by atoms with van der Waals surface area (Å²) < 4.78 is 103. The Morgan fingerprint density at radius 1 is 0.421 bits per heavy atom. The summed E-state index contributed by atoms with van der Waals surface area (Å²) in [5, 5.41) is 11.7. The molecule has 26 nitrogen and oxygen atoms in total. The molecule has 0 aromatic heterocycles. The van der Waals surface area contributed by atoms with Crippen LogP contribution in [0.1, 0.15) is 109 Å². The van der Waals surface area contributed by atoms with Crippen LogP contribution in [0.3, 0.4) is 0 Å². The monoisotopic (exact) mass is 1090 g/mol. The number of carbonyl (C=O) groups is 5. The lowest BCUT2D eigenvalue weighted by Gasteiger charge is -2.34. The van der Waals surface area contributed by atoms with Crippen LogP contribution in [-0.2, 0) is 99.7 Å². The summed E-state index contributed by atoms with van der Waals surface area (Å²) in [5.41, 5.74) is -0.902. The predicted octanol–water partition coefficient (Wildman–Crippen LogP) is 1.05. The molecule has 20 atom stereocenters. The van der Waals surface area contributed by atoms with Crippen LogP contribution in [0.4, 0.5) is 4.79 Å². The average Bonchev–Trinajstić information content (AvgIpc) is 4.15. The van der Waals surface area contributed by atoms with Crippen molar-refractivity contribution in [2.24, 2.45) is 0 Å². The van der Waals surface area contributed by atoms with Crippen molar-refractivity contribution in [2.45, 2.75) is 260 Å². The first-order valence-corrected chi connectivity index (χ1v) is 25.9. The predicted molar refractivity (Wildman–Crippen MR) is 256 cm³/mol. The molecule has 26 heteroatoms. The molecule has 0 aromatic carbocycles. The number of fused-ring (bicyclic) bond motifs is 4. The third-order valence-corrected chi connectivity index (χ3v) is 14.2. The van der Waals surface area contributed by atoms with Gasteiger partial charge in [-0.15, -0.1) is 0 Å². The average molecular weight is 1090 g/mol. The Morgan fingerprint density at radius 3 is 0.908 bits per heavy atom. The molecule has 0 radical (unpaired) electrons. The molecule has 0 saturated carbocycles. The fourth-order valence-corrected chi connectivity index (χ4v) is 11.5. The van der Waals surface area contributed by atoms with E-state index < -0.39 is 194 Å². The van der Waals surface area contributed by atoms with Crippen molar-refractivity contribution in [2.75, 3.05) is 28.4 Å². The third kappa shape index (κ3) is 13.1. The van der Waals surface area contributed by atoms with E-state index in [1.807, 2.05) is 0 Å². The maximum Gasteiger partial charge on any atom is 0.407 e. The largest absolute Gasteiger partial charge is 0.444 e. The Labute approximate surface area is 443 Å². The molecule has 0 aliphatic carbocycles. The zero-order valence-electron chi connectivity index (χ0n) is 46.4. The molecule has 0 bridgehead atoms. The highest BCUT2D eigenvalue weighted by atomic mass is 16.9. The van der Waals surface area contributed by atoms with Gasteiger partial charge < -0.3 is 102 Å². The van der Waals surface area contributed by atoms with Gasteiger partial charge in [-0.25, -0.2) is 4.79 Å². The second kappa shape index (κ2) is 22.3. The number of Topliss-reactive ketones (excluding diaryl/α,β-unsaturated/α-hetero) is 1. The number of hydrogen-bond donors (Lipinski definition) is 4. The number of rotatable bonds is 20. The lowest BCUT2D eigenvalue weighted by atomic mass is 9.96. The van der Waals surface area contributed by atoms with E-state index in [4.69, 9.17) is 80.5 Å². The van der Waals surface area contributed by atoms with Crippen LogP contribution in [0, 0.1) is 0 Å². The van der Waals surface area contributed by atoms with Gasteiger partial charge >= 0.3 is 6.09 Å². The summed E-state index contributed by atoms with van der Waals surface area (Å²) in [5.74, 6) is -6.21. The molecule has 0 spiro atoms. The molecule has 8 saturated heterocycles. The van der Waals surface area contributed by atoms with Gasteiger partial charge in [-0.2, -0.15) is 0 Å². The fourth-order valence-electron chi connectivity index (χ4n) is 11.5. The molecular weight excluding hydrogens is 1010 g/mol. The zero-order chi connectivity index (χ0) is 55.6. The summed E-state index contributed by atoms with van der Waals surface area (Å²) >= 11 is 0. The Hall–Kier alpha value is -3.29. The van der Waals surface area contributed by atoms with Gasteiger partial charge in [-0.1, -0.05) is 0 Å². The molecule has 76 heavy (non-hydrogen) atoms. The van der Waals surface area contributed by atoms with E-state index >= 15 is 0 Å². The van der Waals surface area contributed by atoms with Gasteiger partial charge in [0.2, 0.25) is 17.7 Å². The van der Waals surface area contributed by atoms with Crippen molar-refractivity contribution < 1.29 is 104 Å². The molecule has 8 heterocycles. The van der Waals surface area contributed by atoms with Crippen molar-refractivity contribution in [3.05, 3.63) is 0 Å². The van der Waals surface area contributed by atoms with Crippen molar-refractivity contribution >= 4 is 29.6 Å². The lowest BCUT2D eigenvalue weighted by Crippen LogP contribution is -2.57. The molecular formula is C50H80N4O22. The molecule has 8 fully saturated rings. The standard InChI is InChI=1S/C50H80N4O22/c1-21(55)17-22(29-33(60-13)37-41(64-29)72-47(5,6)68-37)51-26(56)18-23(30-34(61-14)38-42(65-30)73-48(7,8)69-38)52-27(57)19-24(31-35(62-15)39-43(66-31)74-49(9,10)70-39)53-28(58)20-25(54-45(59)76-46(2,3)4)32-36(63-16)40-44(67-32)75-50(11,12)71-40/h22-25,29-44H,17-20H2,1-16H3,(H,51,56)(H,52,57)(H,53,58)(H,54,59)/t22?,23?,24?,25?,29-,30+,31-,32+,33-,34-,35-,36-,37+,38+,39+,40+,41+,42+,43+,44+/m0/s1. The number of hydrogen-bond acceptors (Lipinski definition) is 22. The number of alkyl carbamates (subject to hydrolysis) is 1. The number of ketones is 1. The Kier molecular flexibility index (Phi) is 17.3. The topological polar surface area (TPSA) is 290 Å². The van der Waals surface area contributed by atoms with Crippen LogP contribution in [0.5, 0.6) is 0 Å². The minimum Gasteiger partial charge on any atom is -0.444 e. The Morgan fingerprint density at radius 2 is 0.671 bits per heavy atom. The van der Waals surface area contributed by atoms with Gasteiger partial charge in [0.05, 0.1) is 24.2 Å². The minimum atomic E-state index is -1.18. The fraction of sp³-hybridized carbons (Fsp3) is 0.900. The van der Waals surface area contributed by atoms with E-state index in [2.05, 4.69) is 21.3 Å². The lowest BCUT2D eigenvalue weighted by molar-refractivity contribution is -0.220. The number of methoxy groups -OCH3 is 4. The highest BCUT2D eigenvalue weighted by Crippen LogP contribution is 2.44. The van der Waals surface area contributed by atoms with Gasteiger partial charge in [-0.3, -0.25) is 19.2 Å². The normalized spacial score (nSPS) is 38.8. The van der Waals surface area contributed by atoms with Crippen molar-refractivity contribution in [1.82, 2.24) is 21.3 Å². The first-order valence-electron chi connectivity index (χ1n) is 25.9.